The van der Waals surface area contributed by atoms with Gasteiger partial charge in [0.1, 0.15) is 0 Å². The van der Waals surface area contributed by atoms with E-state index >= 15 is 0 Å². The summed E-state index contributed by atoms with van der Waals surface area (Å²) in [5.74, 6) is 0.565. The van der Waals surface area contributed by atoms with Crippen LogP contribution >= 0.6 is 0 Å². The number of carbonyl (C=O) groups excluding carboxylic acids is 2. The molecule has 4 rings (SSSR count). The summed E-state index contributed by atoms with van der Waals surface area (Å²) in [7, 11) is 0. The Morgan fingerprint density at radius 3 is 2.50 bits per heavy atom. The Labute approximate surface area is 184 Å². The van der Waals surface area contributed by atoms with Crippen molar-refractivity contribution < 1.29 is 24.0 Å². The predicted molar refractivity (Wildman–Crippen MR) is 113 cm³/mol. The molecule has 11 nitrogen and oxygen atoms in total. The topological polar surface area (TPSA) is 126 Å². The first-order valence-electron chi connectivity index (χ1n) is 10.1. The number of benzene rings is 2. The van der Waals surface area contributed by atoms with E-state index in [-0.39, 0.29) is 30.5 Å². The summed E-state index contributed by atoms with van der Waals surface area (Å²) >= 11 is 0. The average Bonchev–Trinajstić information content (AvgIpc) is 3.27. The Balaban J connectivity index is 1.19. The number of hydrogen-bond acceptors (Lipinski definition) is 8. The molecular weight excluding hydrogens is 418 g/mol. The highest BCUT2D eigenvalue weighted by Gasteiger charge is 2.21. The van der Waals surface area contributed by atoms with Crippen LogP contribution in [0.25, 0.3) is 0 Å². The number of piperazine rings is 1. The third kappa shape index (κ3) is 5.31. The van der Waals surface area contributed by atoms with Crippen LogP contribution in [-0.4, -0.2) is 66.1 Å². The molecule has 2 aliphatic heterocycles. The maximum Gasteiger partial charge on any atom is 0.270 e. The first-order valence-corrected chi connectivity index (χ1v) is 10.1. The summed E-state index contributed by atoms with van der Waals surface area (Å²) in [4.78, 5) is 38.8. The number of ether oxygens (including phenoxy) is 2. The molecule has 0 spiro atoms. The van der Waals surface area contributed by atoms with Gasteiger partial charge in [0.15, 0.2) is 11.5 Å². The van der Waals surface area contributed by atoms with Crippen LogP contribution < -0.4 is 20.3 Å². The Morgan fingerprint density at radius 1 is 0.969 bits per heavy atom. The Hall–Kier alpha value is -3.70. The van der Waals surface area contributed by atoms with Crippen molar-refractivity contribution in [2.24, 2.45) is 0 Å². The van der Waals surface area contributed by atoms with Gasteiger partial charge in [-0.25, -0.2) is 0 Å². The molecule has 1 fully saturated rings. The van der Waals surface area contributed by atoms with Gasteiger partial charge < -0.3 is 9.47 Å². The minimum absolute atomic E-state index is 0.0941. The summed E-state index contributed by atoms with van der Waals surface area (Å²) < 4.78 is 10.8. The Morgan fingerprint density at radius 2 is 1.72 bits per heavy atom. The minimum Gasteiger partial charge on any atom is -0.454 e. The van der Waals surface area contributed by atoms with Crippen LogP contribution in [-0.2, 0) is 11.3 Å². The SMILES string of the molecule is O=C(CN1CCN(Cc2ccc3c(c2)OCO3)CC1)NNC(=O)c1cccc([N+](=O)[O-])c1. The van der Waals surface area contributed by atoms with Gasteiger partial charge in [-0.05, 0) is 23.8 Å². The fourth-order valence-electron chi connectivity index (χ4n) is 3.60. The molecule has 0 aromatic heterocycles. The van der Waals surface area contributed by atoms with Gasteiger partial charge in [0, 0.05) is 50.4 Å². The number of carbonyl (C=O) groups is 2. The van der Waals surface area contributed by atoms with Crippen molar-refractivity contribution in [3.8, 4) is 11.5 Å². The average molecular weight is 441 g/mol. The quantitative estimate of drug-likeness (QED) is 0.500. The van der Waals surface area contributed by atoms with Crippen LogP contribution in [0.1, 0.15) is 15.9 Å². The van der Waals surface area contributed by atoms with E-state index in [2.05, 4.69) is 15.8 Å². The number of rotatable bonds is 6. The summed E-state index contributed by atoms with van der Waals surface area (Å²) in [6, 6.07) is 11.2. The largest absolute Gasteiger partial charge is 0.454 e. The number of hydrazine groups is 1. The van der Waals surface area contributed by atoms with E-state index < -0.39 is 10.8 Å². The molecule has 32 heavy (non-hydrogen) atoms. The molecule has 0 aliphatic carbocycles. The van der Waals surface area contributed by atoms with E-state index in [1.165, 1.54) is 18.2 Å². The number of nitro groups is 1. The van der Waals surface area contributed by atoms with Gasteiger partial charge in [0.05, 0.1) is 11.5 Å². The second-order valence-corrected chi connectivity index (χ2v) is 7.55. The molecule has 2 aromatic carbocycles. The lowest BCUT2D eigenvalue weighted by Gasteiger charge is -2.34. The molecule has 2 heterocycles. The first-order chi connectivity index (χ1) is 15.5. The summed E-state index contributed by atoms with van der Waals surface area (Å²) in [5.41, 5.74) is 5.70. The van der Waals surface area contributed by atoms with Gasteiger partial charge in [0.2, 0.25) is 6.79 Å². The Kier molecular flexibility index (Phi) is 6.47. The number of non-ortho nitro benzene ring substituents is 1. The number of fused-ring (bicyclic) bond motifs is 1. The highest BCUT2D eigenvalue weighted by molar-refractivity contribution is 5.96. The minimum atomic E-state index is -0.615. The van der Waals surface area contributed by atoms with E-state index in [4.69, 9.17) is 9.47 Å². The molecule has 0 atom stereocenters. The molecule has 0 radical (unpaired) electrons. The molecule has 2 N–H and O–H groups in total. The van der Waals surface area contributed by atoms with E-state index in [0.717, 1.165) is 55.9 Å². The number of hydrogen-bond donors (Lipinski definition) is 2. The van der Waals surface area contributed by atoms with Gasteiger partial charge in [0.25, 0.3) is 17.5 Å². The monoisotopic (exact) mass is 441 g/mol. The molecule has 2 aliphatic rings. The molecule has 0 unspecified atom stereocenters. The molecular formula is C21H23N5O6. The van der Waals surface area contributed by atoms with Crippen LogP contribution in [0.4, 0.5) is 5.69 Å². The first kappa shape index (κ1) is 21.5. The van der Waals surface area contributed by atoms with E-state index in [9.17, 15) is 19.7 Å². The molecule has 0 saturated carbocycles. The Bertz CT molecular complexity index is 1020. The van der Waals surface area contributed by atoms with E-state index in [0.29, 0.717) is 0 Å². The lowest BCUT2D eigenvalue weighted by Crippen LogP contribution is -2.51. The highest BCUT2D eigenvalue weighted by atomic mass is 16.7. The third-order valence-electron chi connectivity index (χ3n) is 5.31. The zero-order chi connectivity index (χ0) is 22.5. The molecule has 2 amide bonds. The van der Waals surface area contributed by atoms with Crippen molar-refractivity contribution in [1.29, 1.82) is 0 Å². The maximum atomic E-state index is 12.2. The van der Waals surface area contributed by atoms with E-state index in [1.54, 1.807) is 0 Å². The number of nitrogens with zero attached hydrogens (tertiary/aromatic N) is 3. The smallest absolute Gasteiger partial charge is 0.270 e. The second kappa shape index (κ2) is 9.62. The van der Waals surface area contributed by atoms with Gasteiger partial charge in [-0.15, -0.1) is 0 Å². The molecule has 168 valence electrons. The van der Waals surface area contributed by atoms with Crippen molar-refractivity contribution >= 4 is 17.5 Å². The zero-order valence-electron chi connectivity index (χ0n) is 17.3. The van der Waals surface area contributed by atoms with Crippen molar-refractivity contribution in [2.75, 3.05) is 39.5 Å². The van der Waals surface area contributed by atoms with Crippen molar-refractivity contribution in [2.45, 2.75) is 6.54 Å². The summed E-state index contributed by atoms with van der Waals surface area (Å²) in [6.45, 7) is 4.24. The number of nitrogens with one attached hydrogen (secondary N) is 2. The second-order valence-electron chi connectivity index (χ2n) is 7.55. The van der Waals surface area contributed by atoms with Gasteiger partial charge in [-0.3, -0.25) is 40.4 Å². The van der Waals surface area contributed by atoms with E-state index in [1.807, 2.05) is 23.1 Å². The molecule has 2 aromatic rings. The number of nitro benzene ring substituents is 1. The van der Waals surface area contributed by atoms with Crippen molar-refractivity contribution in [3.63, 3.8) is 0 Å². The van der Waals surface area contributed by atoms with Crippen molar-refractivity contribution in [1.82, 2.24) is 20.7 Å². The molecule has 11 heteroatoms. The van der Waals surface area contributed by atoms with Crippen LogP contribution in [0.5, 0.6) is 11.5 Å². The van der Waals surface area contributed by atoms with Crippen molar-refractivity contribution in [3.05, 3.63) is 63.7 Å². The third-order valence-corrected chi connectivity index (χ3v) is 5.31. The standard InChI is InChI=1S/C21H23N5O6/c27-20(22-23-21(28)16-2-1-3-17(11-16)26(29)30)13-25-8-6-24(7-9-25)12-15-4-5-18-19(10-15)32-14-31-18/h1-5,10-11H,6-9,12-14H2,(H,22,27)(H,23,28). The van der Waals surface area contributed by atoms with Gasteiger partial charge in [-0.1, -0.05) is 12.1 Å². The van der Waals surface area contributed by atoms with Crippen LogP contribution in [0, 0.1) is 10.1 Å². The van der Waals surface area contributed by atoms with Crippen LogP contribution in [0.3, 0.4) is 0 Å². The summed E-state index contributed by atoms with van der Waals surface area (Å²) in [5, 5.41) is 10.8. The highest BCUT2D eigenvalue weighted by Crippen LogP contribution is 2.32. The summed E-state index contributed by atoms with van der Waals surface area (Å²) in [6.07, 6.45) is 0. The zero-order valence-corrected chi connectivity index (χ0v) is 17.3. The molecule has 1 saturated heterocycles. The lowest BCUT2D eigenvalue weighted by molar-refractivity contribution is -0.384. The normalized spacial score (nSPS) is 15.9. The van der Waals surface area contributed by atoms with Gasteiger partial charge in [-0.2, -0.15) is 0 Å². The lowest BCUT2D eigenvalue weighted by atomic mass is 10.1. The fraction of sp³-hybridized carbons (Fsp3) is 0.333. The molecule has 0 bridgehead atoms. The number of amides is 2. The fourth-order valence-corrected chi connectivity index (χ4v) is 3.60. The maximum absolute atomic E-state index is 12.2. The predicted octanol–water partition coefficient (Wildman–Crippen LogP) is 0.902. The van der Waals surface area contributed by atoms with Crippen LogP contribution in [0.15, 0.2) is 42.5 Å². The van der Waals surface area contributed by atoms with Gasteiger partial charge >= 0.3 is 0 Å². The van der Waals surface area contributed by atoms with Crippen LogP contribution in [0.2, 0.25) is 0 Å².